The number of rotatable bonds is 6. The maximum absolute atomic E-state index is 11.3. The molecule has 1 aromatic rings. The van der Waals surface area contributed by atoms with Crippen molar-refractivity contribution in [3.8, 4) is 0 Å². The monoisotopic (exact) mass is 235 g/mol. The number of carbonyl (C=O) groups excluding carboxylic acids is 1. The van der Waals surface area contributed by atoms with Gasteiger partial charge >= 0.3 is 0 Å². The smallest absolute Gasteiger partial charge is 0.221 e. The van der Waals surface area contributed by atoms with Crippen molar-refractivity contribution in [2.75, 3.05) is 25.0 Å². The molecule has 1 aromatic carbocycles. The minimum atomic E-state index is 0.0146. The van der Waals surface area contributed by atoms with E-state index in [1.165, 1.54) is 0 Å². The minimum Gasteiger partial charge on any atom is -0.370 e. The van der Waals surface area contributed by atoms with Crippen LogP contribution in [0.5, 0.6) is 0 Å². The highest BCUT2D eigenvalue weighted by molar-refractivity contribution is 5.76. The van der Waals surface area contributed by atoms with Crippen molar-refractivity contribution in [2.45, 2.75) is 19.4 Å². The average Bonchev–Trinajstić information content (AvgIpc) is 2.36. The molecule has 0 spiro atoms. The molecule has 0 fully saturated rings. The highest BCUT2D eigenvalue weighted by Gasteiger charge is 2.10. The minimum absolute atomic E-state index is 0.0146. The highest BCUT2D eigenvalue weighted by Crippen LogP contribution is 2.13. The van der Waals surface area contributed by atoms with Gasteiger partial charge in [0.15, 0.2) is 0 Å². The molecule has 0 heterocycles. The van der Waals surface area contributed by atoms with Gasteiger partial charge in [0.2, 0.25) is 5.91 Å². The second-order valence-corrected chi connectivity index (χ2v) is 4.14. The molecule has 0 radical (unpaired) electrons. The summed E-state index contributed by atoms with van der Waals surface area (Å²) >= 11 is 0. The second-order valence-electron chi connectivity index (χ2n) is 4.14. The van der Waals surface area contributed by atoms with Gasteiger partial charge in [0.25, 0.3) is 0 Å². The summed E-state index contributed by atoms with van der Waals surface area (Å²) in [4.78, 5) is 13.4. The van der Waals surface area contributed by atoms with Gasteiger partial charge in [-0.05, 0) is 19.1 Å². The summed E-state index contributed by atoms with van der Waals surface area (Å²) in [5, 5.41) is 2.87. The number of nitrogens with two attached hydrogens (primary N) is 1. The Morgan fingerprint density at radius 2 is 2.06 bits per heavy atom. The van der Waals surface area contributed by atoms with E-state index in [0.29, 0.717) is 19.5 Å². The lowest BCUT2D eigenvalue weighted by molar-refractivity contribution is -0.120. The number of benzene rings is 1. The van der Waals surface area contributed by atoms with E-state index in [2.05, 4.69) is 29.3 Å². The van der Waals surface area contributed by atoms with Gasteiger partial charge in [-0.2, -0.15) is 0 Å². The zero-order valence-electron chi connectivity index (χ0n) is 10.5. The zero-order chi connectivity index (χ0) is 12.7. The fraction of sp³-hybridized carbons (Fsp3) is 0.462. The van der Waals surface area contributed by atoms with E-state index >= 15 is 0 Å². The molecular weight excluding hydrogens is 214 g/mol. The largest absolute Gasteiger partial charge is 0.370 e. The predicted molar refractivity (Wildman–Crippen MR) is 71.0 cm³/mol. The highest BCUT2D eigenvalue weighted by atomic mass is 16.1. The van der Waals surface area contributed by atoms with Gasteiger partial charge in [-0.1, -0.05) is 18.2 Å². The molecule has 0 aliphatic heterocycles. The SMILES string of the molecule is CC(CNC(=O)CCN)N(C)c1ccccc1. The third-order valence-corrected chi connectivity index (χ3v) is 2.79. The van der Waals surface area contributed by atoms with E-state index in [-0.39, 0.29) is 11.9 Å². The Labute approximate surface area is 103 Å². The van der Waals surface area contributed by atoms with E-state index < -0.39 is 0 Å². The van der Waals surface area contributed by atoms with Crippen LogP contribution in [0.3, 0.4) is 0 Å². The van der Waals surface area contributed by atoms with Crippen molar-refractivity contribution in [3.63, 3.8) is 0 Å². The van der Waals surface area contributed by atoms with Crippen molar-refractivity contribution in [3.05, 3.63) is 30.3 Å². The normalized spacial score (nSPS) is 11.9. The first kappa shape index (κ1) is 13.5. The Balaban J connectivity index is 2.42. The number of carbonyl (C=O) groups is 1. The molecule has 0 aliphatic rings. The van der Waals surface area contributed by atoms with Gasteiger partial charge < -0.3 is 16.0 Å². The summed E-state index contributed by atoms with van der Waals surface area (Å²) in [5.41, 5.74) is 6.46. The molecular formula is C13H21N3O. The Bertz CT molecular complexity index is 340. The number of nitrogens with one attached hydrogen (secondary N) is 1. The molecule has 0 saturated heterocycles. The summed E-state index contributed by atoms with van der Waals surface area (Å²) in [6.45, 7) is 3.11. The Hall–Kier alpha value is -1.55. The summed E-state index contributed by atoms with van der Waals surface area (Å²) in [7, 11) is 2.02. The molecule has 17 heavy (non-hydrogen) atoms. The van der Waals surface area contributed by atoms with Gasteiger partial charge in [0, 0.05) is 38.3 Å². The van der Waals surface area contributed by atoms with E-state index in [0.717, 1.165) is 5.69 Å². The number of nitrogens with zero attached hydrogens (tertiary/aromatic N) is 1. The quantitative estimate of drug-likeness (QED) is 0.772. The summed E-state index contributed by atoms with van der Waals surface area (Å²) in [6.07, 6.45) is 0.391. The molecule has 4 heteroatoms. The maximum Gasteiger partial charge on any atom is 0.221 e. The van der Waals surface area contributed by atoms with Gasteiger partial charge in [-0.25, -0.2) is 0 Å². The van der Waals surface area contributed by atoms with E-state index in [1.54, 1.807) is 0 Å². The summed E-state index contributed by atoms with van der Waals surface area (Å²) in [6, 6.07) is 10.4. The average molecular weight is 235 g/mol. The Morgan fingerprint density at radius 3 is 2.65 bits per heavy atom. The topological polar surface area (TPSA) is 58.4 Å². The Kier molecular flexibility index (Phi) is 5.49. The van der Waals surface area contributed by atoms with Crippen LogP contribution in [0.25, 0.3) is 0 Å². The first-order chi connectivity index (χ1) is 8.15. The summed E-state index contributed by atoms with van der Waals surface area (Å²) < 4.78 is 0. The number of hydrogen-bond donors (Lipinski definition) is 2. The molecule has 0 aliphatic carbocycles. The third kappa shape index (κ3) is 4.44. The predicted octanol–water partition coefficient (Wildman–Crippen LogP) is 0.976. The molecule has 0 bridgehead atoms. The number of hydrogen-bond acceptors (Lipinski definition) is 3. The number of amides is 1. The van der Waals surface area contributed by atoms with Crippen LogP contribution in [0.2, 0.25) is 0 Å². The van der Waals surface area contributed by atoms with Gasteiger partial charge in [0.05, 0.1) is 0 Å². The van der Waals surface area contributed by atoms with Crippen LogP contribution >= 0.6 is 0 Å². The summed E-state index contributed by atoms with van der Waals surface area (Å²) in [5.74, 6) is 0.0146. The van der Waals surface area contributed by atoms with Crippen molar-refractivity contribution in [2.24, 2.45) is 5.73 Å². The first-order valence-electron chi connectivity index (χ1n) is 5.89. The van der Waals surface area contributed by atoms with Crippen LogP contribution in [0.1, 0.15) is 13.3 Å². The number of anilines is 1. The van der Waals surface area contributed by atoms with Gasteiger partial charge in [-0.15, -0.1) is 0 Å². The van der Waals surface area contributed by atoms with Crippen molar-refractivity contribution >= 4 is 11.6 Å². The van der Waals surface area contributed by atoms with Crippen LogP contribution in [-0.2, 0) is 4.79 Å². The molecule has 1 amide bonds. The van der Waals surface area contributed by atoms with Crippen LogP contribution in [0, 0.1) is 0 Å². The number of likely N-dealkylation sites (N-methyl/N-ethyl adjacent to an activating group) is 1. The van der Waals surface area contributed by atoms with E-state index in [1.807, 2.05) is 25.2 Å². The molecule has 0 saturated carbocycles. The first-order valence-corrected chi connectivity index (χ1v) is 5.89. The lowest BCUT2D eigenvalue weighted by Gasteiger charge is -2.27. The molecule has 1 unspecified atom stereocenters. The molecule has 0 aromatic heterocycles. The maximum atomic E-state index is 11.3. The van der Waals surface area contributed by atoms with Crippen LogP contribution < -0.4 is 16.0 Å². The lowest BCUT2D eigenvalue weighted by atomic mass is 10.2. The van der Waals surface area contributed by atoms with Crippen molar-refractivity contribution in [1.82, 2.24) is 5.32 Å². The molecule has 3 N–H and O–H groups in total. The molecule has 1 rings (SSSR count). The van der Waals surface area contributed by atoms with Crippen molar-refractivity contribution < 1.29 is 4.79 Å². The Morgan fingerprint density at radius 1 is 1.41 bits per heavy atom. The zero-order valence-corrected chi connectivity index (χ0v) is 10.5. The standard InChI is InChI=1S/C13H21N3O/c1-11(10-15-13(17)8-9-14)16(2)12-6-4-3-5-7-12/h3-7,11H,8-10,14H2,1-2H3,(H,15,17). The molecule has 4 nitrogen and oxygen atoms in total. The van der Waals surface area contributed by atoms with Gasteiger partial charge in [0.1, 0.15) is 0 Å². The van der Waals surface area contributed by atoms with E-state index in [4.69, 9.17) is 5.73 Å². The van der Waals surface area contributed by atoms with Crippen LogP contribution in [-0.4, -0.2) is 32.1 Å². The lowest BCUT2D eigenvalue weighted by Crippen LogP contribution is -2.40. The van der Waals surface area contributed by atoms with Crippen molar-refractivity contribution in [1.29, 1.82) is 0 Å². The van der Waals surface area contributed by atoms with Gasteiger partial charge in [-0.3, -0.25) is 4.79 Å². The van der Waals surface area contributed by atoms with Crippen LogP contribution in [0.4, 0.5) is 5.69 Å². The fourth-order valence-electron chi connectivity index (χ4n) is 1.54. The third-order valence-electron chi connectivity index (χ3n) is 2.79. The molecule has 1 atom stereocenters. The fourth-order valence-corrected chi connectivity index (χ4v) is 1.54. The number of para-hydroxylation sites is 1. The molecule has 94 valence electrons. The second kappa shape index (κ2) is 6.91. The van der Waals surface area contributed by atoms with E-state index in [9.17, 15) is 4.79 Å². The van der Waals surface area contributed by atoms with Crippen LogP contribution in [0.15, 0.2) is 30.3 Å².